The second kappa shape index (κ2) is 4.82. The van der Waals surface area contributed by atoms with Crippen LogP contribution in [-0.4, -0.2) is 35.1 Å². The highest BCUT2D eigenvalue weighted by molar-refractivity contribution is 7.09. The van der Waals surface area contributed by atoms with Crippen molar-refractivity contribution in [3.8, 4) is 0 Å². The molecule has 16 heavy (non-hydrogen) atoms. The zero-order valence-corrected chi connectivity index (χ0v) is 11.2. The quantitative estimate of drug-likeness (QED) is 0.873. The van der Waals surface area contributed by atoms with Crippen LogP contribution in [0.2, 0.25) is 0 Å². The van der Waals surface area contributed by atoms with E-state index < -0.39 is 0 Å². The second-order valence-electron chi connectivity index (χ2n) is 5.11. The molecule has 1 aliphatic heterocycles. The molecule has 4 heteroatoms. The minimum absolute atomic E-state index is 0.238. The van der Waals surface area contributed by atoms with Gasteiger partial charge in [0.25, 0.3) is 0 Å². The van der Waals surface area contributed by atoms with E-state index in [9.17, 15) is 0 Å². The van der Waals surface area contributed by atoms with Gasteiger partial charge in [-0.05, 0) is 20.3 Å². The van der Waals surface area contributed by atoms with Crippen LogP contribution in [0, 0.1) is 0 Å². The van der Waals surface area contributed by atoms with E-state index in [4.69, 9.17) is 0 Å². The van der Waals surface area contributed by atoms with Gasteiger partial charge in [0.15, 0.2) is 0 Å². The molecular weight excluding hydrogens is 218 g/mol. The third kappa shape index (κ3) is 3.03. The van der Waals surface area contributed by atoms with E-state index in [1.54, 1.807) is 11.3 Å². The van der Waals surface area contributed by atoms with Crippen LogP contribution < -0.4 is 5.32 Å². The molecule has 0 bridgehead atoms. The normalized spacial score (nSPS) is 21.2. The molecule has 0 aromatic carbocycles. The first kappa shape index (κ1) is 12.0. The number of rotatable bonds is 3. The Morgan fingerprint density at radius 2 is 2.38 bits per heavy atom. The molecule has 1 aromatic heterocycles. The van der Waals surface area contributed by atoms with Crippen LogP contribution in [0.5, 0.6) is 0 Å². The van der Waals surface area contributed by atoms with Crippen molar-refractivity contribution in [3.05, 3.63) is 16.1 Å². The Bertz CT molecular complexity index is 346. The summed E-state index contributed by atoms with van der Waals surface area (Å²) in [5.41, 5.74) is 1.47. The number of hydrogen-bond acceptors (Lipinski definition) is 4. The number of hydrogen-bond donors (Lipinski definition) is 1. The summed E-state index contributed by atoms with van der Waals surface area (Å²) in [4.78, 5) is 7.12. The lowest BCUT2D eigenvalue weighted by molar-refractivity contribution is 0.147. The van der Waals surface area contributed by atoms with Crippen LogP contribution in [0.25, 0.3) is 0 Å². The minimum atomic E-state index is 0.238. The summed E-state index contributed by atoms with van der Waals surface area (Å²) in [6.45, 7) is 11.0. The lowest BCUT2D eigenvalue weighted by Crippen LogP contribution is -2.56. The van der Waals surface area contributed by atoms with E-state index in [2.05, 4.69) is 41.4 Å². The first-order valence-electron chi connectivity index (χ1n) is 6.00. The molecule has 0 spiro atoms. The zero-order chi connectivity index (χ0) is 11.6. The largest absolute Gasteiger partial charge is 0.309 e. The van der Waals surface area contributed by atoms with Crippen LogP contribution in [0.4, 0.5) is 0 Å². The van der Waals surface area contributed by atoms with Crippen LogP contribution in [0.15, 0.2) is 5.38 Å². The zero-order valence-electron chi connectivity index (χ0n) is 10.4. The van der Waals surface area contributed by atoms with Crippen molar-refractivity contribution in [2.24, 2.45) is 0 Å². The number of aromatic nitrogens is 1. The van der Waals surface area contributed by atoms with E-state index in [-0.39, 0.29) is 5.54 Å². The number of nitrogens with one attached hydrogen (secondary N) is 1. The molecule has 90 valence electrons. The van der Waals surface area contributed by atoms with Gasteiger partial charge in [0.05, 0.1) is 10.7 Å². The number of piperazine rings is 1. The SMILES string of the molecule is CCc1nc(CN2CCNC(C)(C)C2)cs1. The van der Waals surface area contributed by atoms with Gasteiger partial charge < -0.3 is 5.32 Å². The number of aryl methyl sites for hydroxylation is 1. The standard InChI is InChI=1S/C12H21N3S/c1-4-11-14-10(8-16-11)7-15-6-5-13-12(2,3)9-15/h8,13H,4-7,9H2,1-3H3. The third-order valence-corrected chi connectivity index (χ3v) is 3.98. The Morgan fingerprint density at radius 3 is 3.00 bits per heavy atom. The first-order valence-corrected chi connectivity index (χ1v) is 6.88. The summed E-state index contributed by atoms with van der Waals surface area (Å²) in [5, 5.41) is 6.99. The van der Waals surface area contributed by atoms with Crippen molar-refractivity contribution in [2.45, 2.75) is 39.3 Å². The van der Waals surface area contributed by atoms with E-state index in [0.717, 1.165) is 32.6 Å². The first-order chi connectivity index (χ1) is 7.59. The number of thiazole rings is 1. The summed E-state index contributed by atoms with van der Waals surface area (Å²) in [7, 11) is 0. The van der Waals surface area contributed by atoms with Crippen molar-refractivity contribution in [1.29, 1.82) is 0 Å². The average Bonchev–Trinajstić information content (AvgIpc) is 2.64. The molecule has 0 amide bonds. The molecule has 0 atom stereocenters. The Labute approximate surface area is 102 Å². The van der Waals surface area contributed by atoms with Gasteiger partial charge in [-0.2, -0.15) is 0 Å². The van der Waals surface area contributed by atoms with Crippen molar-refractivity contribution in [1.82, 2.24) is 15.2 Å². The molecule has 2 rings (SSSR count). The van der Waals surface area contributed by atoms with Gasteiger partial charge in [-0.15, -0.1) is 11.3 Å². The van der Waals surface area contributed by atoms with Crippen molar-refractivity contribution in [3.63, 3.8) is 0 Å². The Kier molecular flexibility index (Phi) is 3.62. The fraction of sp³-hybridized carbons (Fsp3) is 0.750. The predicted octanol–water partition coefficient (Wildman–Crippen LogP) is 1.89. The summed E-state index contributed by atoms with van der Waals surface area (Å²) >= 11 is 1.78. The molecule has 0 radical (unpaired) electrons. The van der Waals surface area contributed by atoms with Gasteiger partial charge in [-0.25, -0.2) is 4.98 Å². The molecule has 1 aromatic rings. The molecule has 3 nitrogen and oxygen atoms in total. The van der Waals surface area contributed by atoms with Crippen molar-refractivity contribution >= 4 is 11.3 Å². The van der Waals surface area contributed by atoms with Crippen LogP contribution in [0.1, 0.15) is 31.5 Å². The van der Waals surface area contributed by atoms with Crippen molar-refractivity contribution < 1.29 is 0 Å². The lowest BCUT2D eigenvalue weighted by Gasteiger charge is -2.38. The molecule has 1 fully saturated rings. The van der Waals surface area contributed by atoms with Crippen LogP contribution >= 0.6 is 11.3 Å². The van der Waals surface area contributed by atoms with Gasteiger partial charge in [-0.3, -0.25) is 4.90 Å². The number of nitrogens with zero attached hydrogens (tertiary/aromatic N) is 2. The van der Waals surface area contributed by atoms with Crippen LogP contribution in [0.3, 0.4) is 0 Å². The molecule has 0 saturated carbocycles. The molecule has 0 aliphatic carbocycles. The smallest absolute Gasteiger partial charge is 0.0926 e. The molecule has 0 unspecified atom stereocenters. The second-order valence-corrected chi connectivity index (χ2v) is 6.05. The highest BCUT2D eigenvalue weighted by Crippen LogP contribution is 2.16. The summed E-state index contributed by atoms with van der Waals surface area (Å²) < 4.78 is 0. The summed E-state index contributed by atoms with van der Waals surface area (Å²) in [6, 6.07) is 0. The Hall–Kier alpha value is -0.450. The van der Waals surface area contributed by atoms with Crippen LogP contribution in [-0.2, 0) is 13.0 Å². The molecule has 1 N–H and O–H groups in total. The third-order valence-electron chi connectivity index (χ3n) is 2.94. The maximum Gasteiger partial charge on any atom is 0.0926 e. The highest BCUT2D eigenvalue weighted by Gasteiger charge is 2.25. The van der Waals surface area contributed by atoms with Gasteiger partial charge in [0.1, 0.15) is 0 Å². The average molecular weight is 239 g/mol. The molecule has 1 saturated heterocycles. The van der Waals surface area contributed by atoms with E-state index >= 15 is 0 Å². The van der Waals surface area contributed by atoms with Gasteiger partial charge >= 0.3 is 0 Å². The fourth-order valence-electron chi connectivity index (χ4n) is 2.19. The molecular formula is C12H21N3S. The van der Waals surface area contributed by atoms with Gasteiger partial charge in [0.2, 0.25) is 0 Å². The van der Waals surface area contributed by atoms with E-state index in [1.807, 2.05) is 0 Å². The predicted molar refractivity (Wildman–Crippen MR) is 68.9 cm³/mol. The maximum absolute atomic E-state index is 4.63. The lowest BCUT2D eigenvalue weighted by atomic mass is 10.0. The Balaban J connectivity index is 1.94. The van der Waals surface area contributed by atoms with Crippen molar-refractivity contribution in [2.75, 3.05) is 19.6 Å². The van der Waals surface area contributed by atoms with E-state index in [0.29, 0.717) is 0 Å². The maximum atomic E-state index is 4.63. The van der Waals surface area contributed by atoms with E-state index in [1.165, 1.54) is 10.7 Å². The minimum Gasteiger partial charge on any atom is -0.309 e. The molecule has 1 aliphatic rings. The van der Waals surface area contributed by atoms with Gasteiger partial charge in [0, 0.05) is 37.1 Å². The monoisotopic (exact) mass is 239 g/mol. The summed E-state index contributed by atoms with van der Waals surface area (Å²) in [6.07, 6.45) is 1.05. The summed E-state index contributed by atoms with van der Waals surface area (Å²) in [5.74, 6) is 0. The Morgan fingerprint density at radius 1 is 1.56 bits per heavy atom. The highest BCUT2D eigenvalue weighted by atomic mass is 32.1. The topological polar surface area (TPSA) is 28.2 Å². The van der Waals surface area contributed by atoms with Gasteiger partial charge in [-0.1, -0.05) is 6.92 Å². The molecule has 2 heterocycles. The fourth-order valence-corrected chi connectivity index (χ4v) is 2.93.